The molecule has 1 aromatic rings. The molecule has 2 amide bonds. The molecule has 0 aliphatic rings. The number of aliphatic hydroxyl groups excluding tert-OH is 1. The Bertz CT molecular complexity index is 451. The highest BCUT2D eigenvalue weighted by Gasteiger charge is 2.09. The molecule has 0 spiro atoms. The molecule has 1 unspecified atom stereocenters. The quantitative estimate of drug-likeness (QED) is 0.728. The van der Waals surface area contributed by atoms with E-state index in [1.54, 1.807) is 18.2 Å². The SMILES string of the molecule is CCC(O)CNC(=O)CNC(=O)c1cccc(Cl)c1. The number of amides is 2. The zero-order valence-electron chi connectivity index (χ0n) is 10.6. The van der Waals surface area contributed by atoms with Gasteiger partial charge in [0.25, 0.3) is 5.91 Å². The maximum absolute atomic E-state index is 11.7. The largest absolute Gasteiger partial charge is 0.391 e. The van der Waals surface area contributed by atoms with Gasteiger partial charge in [0.15, 0.2) is 0 Å². The van der Waals surface area contributed by atoms with Gasteiger partial charge in [-0.05, 0) is 24.6 Å². The second kappa shape index (κ2) is 7.76. The van der Waals surface area contributed by atoms with Crippen molar-refractivity contribution in [3.05, 3.63) is 34.9 Å². The number of carbonyl (C=O) groups excluding carboxylic acids is 2. The van der Waals surface area contributed by atoms with E-state index in [2.05, 4.69) is 10.6 Å². The van der Waals surface area contributed by atoms with E-state index >= 15 is 0 Å². The lowest BCUT2D eigenvalue weighted by atomic mass is 10.2. The highest BCUT2D eigenvalue weighted by molar-refractivity contribution is 6.30. The Morgan fingerprint density at radius 3 is 2.74 bits per heavy atom. The summed E-state index contributed by atoms with van der Waals surface area (Å²) in [6.45, 7) is 1.86. The van der Waals surface area contributed by atoms with E-state index < -0.39 is 6.10 Å². The van der Waals surface area contributed by atoms with E-state index in [0.29, 0.717) is 17.0 Å². The summed E-state index contributed by atoms with van der Waals surface area (Å²) >= 11 is 5.77. The molecule has 104 valence electrons. The molecule has 5 nitrogen and oxygen atoms in total. The summed E-state index contributed by atoms with van der Waals surface area (Å²) in [5.74, 6) is -0.712. The van der Waals surface area contributed by atoms with Gasteiger partial charge in [-0.1, -0.05) is 24.6 Å². The first-order valence-corrected chi connectivity index (χ1v) is 6.39. The van der Waals surface area contributed by atoms with Crippen LogP contribution in [0.25, 0.3) is 0 Å². The normalized spacial score (nSPS) is 11.7. The van der Waals surface area contributed by atoms with Crippen LogP contribution >= 0.6 is 11.6 Å². The van der Waals surface area contributed by atoms with Crippen LogP contribution in [-0.4, -0.2) is 36.1 Å². The molecule has 0 saturated heterocycles. The van der Waals surface area contributed by atoms with Crippen LogP contribution in [-0.2, 0) is 4.79 Å². The number of hydrogen-bond donors (Lipinski definition) is 3. The summed E-state index contributed by atoms with van der Waals surface area (Å²) in [5.41, 5.74) is 0.397. The lowest BCUT2D eigenvalue weighted by molar-refractivity contribution is -0.120. The van der Waals surface area contributed by atoms with Crippen molar-refractivity contribution in [3.8, 4) is 0 Å². The Morgan fingerprint density at radius 2 is 2.11 bits per heavy atom. The molecule has 0 heterocycles. The molecule has 0 aliphatic carbocycles. The van der Waals surface area contributed by atoms with Gasteiger partial charge >= 0.3 is 0 Å². The minimum Gasteiger partial charge on any atom is -0.391 e. The Kier molecular flexibility index (Phi) is 6.32. The van der Waals surface area contributed by atoms with Crippen molar-refractivity contribution in [3.63, 3.8) is 0 Å². The number of hydrogen-bond acceptors (Lipinski definition) is 3. The molecular formula is C13H17ClN2O3. The third-order valence-electron chi connectivity index (χ3n) is 2.50. The van der Waals surface area contributed by atoms with Gasteiger partial charge in [0.2, 0.25) is 5.91 Å². The minimum atomic E-state index is -0.562. The number of halogens is 1. The third kappa shape index (κ3) is 5.72. The molecule has 3 N–H and O–H groups in total. The lowest BCUT2D eigenvalue weighted by Gasteiger charge is -2.10. The molecule has 0 saturated carbocycles. The highest BCUT2D eigenvalue weighted by atomic mass is 35.5. The average molecular weight is 285 g/mol. The first-order chi connectivity index (χ1) is 9.02. The maximum Gasteiger partial charge on any atom is 0.251 e. The number of nitrogens with one attached hydrogen (secondary N) is 2. The van der Waals surface area contributed by atoms with Crippen LogP contribution in [0.4, 0.5) is 0 Å². The predicted octanol–water partition coefficient (Wildman–Crippen LogP) is 0.957. The fraction of sp³-hybridized carbons (Fsp3) is 0.385. The van der Waals surface area contributed by atoms with Gasteiger partial charge < -0.3 is 15.7 Å². The molecule has 0 aromatic heterocycles. The molecule has 1 aromatic carbocycles. The fourth-order valence-electron chi connectivity index (χ4n) is 1.33. The van der Waals surface area contributed by atoms with E-state index in [0.717, 1.165) is 0 Å². The molecular weight excluding hydrogens is 268 g/mol. The van der Waals surface area contributed by atoms with Crippen LogP contribution < -0.4 is 10.6 Å². The Balaban J connectivity index is 2.36. The smallest absolute Gasteiger partial charge is 0.251 e. The summed E-state index contributed by atoms with van der Waals surface area (Å²) in [6, 6.07) is 6.46. The monoisotopic (exact) mass is 284 g/mol. The van der Waals surface area contributed by atoms with Crippen molar-refractivity contribution in [1.82, 2.24) is 10.6 Å². The molecule has 6 heteroatoms. The highest BCUT2D eigenvalue weighted by Crippen LogP contribution is 2.10. The lowest BCUT2D eigenvalue weighted by Crippen LogP contribution is -2.39. The first-order valence-electron chi connectivity index (χ1n) is 6.01. The van der Waals surface area contributed by atoms with Crippen LogP contribution in [0.1, 0.15) is 23.7 Å². The van der Waals surface area contributed by atoms with E-state index in [1.807, 2.05) is 6.92 Å². The van der Waals surface area contributed by atoms with Crippen molar-refractivity contribution in [2.45, 2.75) is 19.4 Å². The van der Waals surface area contributed by atoms with Crippen molar-refractivity contribution in [2.75, 3.05) is 13.1 Å². The first kappa shape index (κ1) is 15.5. The van der Waals surface area contributed by atoms with Gasteiger partial charge in [0.05, 0.1) is 12.6 Å². The number of aliphatic hydroxyl groups is 1. The maximum atomic E-state index is 11.7. The minimum absolute atomic E-state index is 0.137. The topological polar surface area (TPSA) is 78.4 Å². The summed E-state index contributed by atoms with van der Waals surface area (Å²) in [6.07, 6.45) is 0.00221. The Labute approximate surface area is 117 Å². The summed E-state index contributed by atoms with van der Waals surface area (Å²) < 4.78 is 0. The standard InChI is InChI=1S/C13H17ClN2O3/c1-2-11(17)7-15-12(18)8-16-13(19)9-4-3-5-10(14)6-9/h3-6,11,17H,2,7-8H2,1H3,(H,15,18)(H,16,19). The fourth-order valence-corrected chi connectivity index (χ4v) is 1.52. The van der Waals surface area contributed by atoms with Crippen molar-refractivity contribution < 1.29 is 14.7 Å². The van der Waals surface area contributed by atoms with Gasteiger partial charge in [0, 0.05) is 17.1 Å². The second-order valence-electron chi connectivity index (χ2n) is 4.06. The van der Waals surface area contributed by atoms with Crippen LogP contribution in [0.3, 0.4) is 0 Å². The van der Waals surface area contributed by atoms with Crippen LogP contribution in [0.5, 0.6) is 0 Å². The van der Waals surface area contributed by atoms with Crippen LogP contribution in [0.2, 0.25) is 5.02 Å². The Morgan fingerprint density at radius 1 is 1.37 bits per heavy atom. The molecule has 1 rings (SSSR count). The van der Waals surface area contributed by atoms with Gasteiger partial charge in [-0.2, -0.15) is 0 Å². The van der Waals surface area contributed by atoms with E-state index in [-0.39, 0.29) is 24.9 Å². The van der Waals surface area contributed by atoms with E-state index in [9.17, 15) is 14.7 Å². The van der Waals surface area contributed by atoms with Crippen LogP contribution in [0, 0.1) is 0 Å². The van der Waals surface area contributed by atoms with E-state index in [1.165, 1.54) is 6.07 Å². The second-order valence-corrected chi connectivity index (χ2v) is 4.50. The zero-order chi connectivity index (χ0) is 14.3. The molecule has 0 aliphatic heterocycles. The van der Waals surface area contributed by atoms with E-state index in [4.69, 9.17) is 11.6 Å². The molecule has 0 bridgehead atoms. The molecule has 1 atom stereocenters. The number of benzene rings is 1. The van der Waals surface area contributed by atoms with Gasteiger partial charge in [0.1, 0.15) is 0 Å². The van der Waals surface area contributed by atoms with Crippen LogP contribution in [0.15, 0.2) is 24.3 Å². The summed E-state index contributed by atoms with van der Waals surface area (Å²) in [5, 5.41) is 14.7. The van der Waals surface area contributed by atoms with Gasteiger partial charge in [-0.3, -0.25) is 9.59 Å². The predicted molar refractivity (Wildman–Crippen MR) is 73.1 cm³/mol. The van der Waals surface area contributed by atoms with Gasteiger partial charge in [-0.15, -0.1) is 0 Å². The third-order valence-corrected chi connectivity index (χ3v) is 2.74. The number of rotatable bonds is 6. The zero-order valence-corrected chi connectivity index (χ0v) is 11.4. The molecule has 0 fully saturated rings. The summed E-state index contributed by atoms with van der Waals surface area (Å²) in [7, 11) is 0. The van der Waals surface area contributed by atoms with Crippen molar-refractivity contribution in [2.24, 2.45) is 0 Å². The number of carbonyl (C=O) groups is 2. The summed E-state index contributed by atoms with van der Waals surface area (Å²) in [4.78, 5) is 23.1. The van der Waals surface area contributed by atoms with Gasteiger partial charge in [-0.25, -0.2) is 0 Å². The molecule has 0 radical (unpaired) electrons. The average Bonchev–Trinajstić information content (AvgIpc) is 2.41. The Hall–Kier alpha value is -1.59. The molecule has 19 heavy (non-hydrogen) atoms. The van der Waals surface area contributed by atoms with Crippen molar-refractivity contribution >= 4 is 23.4 Å². The van der Waals surface area contributed by atoms with Crippen molar-refractivity contribution in [1.29, 1.82) is 0 Å².